The SMILES string of the molecule is Cc1ccc(N[C@H](C)C(=O)Nc2ccccc2[N+](=O)[O-])cc1S(=O)(=O)N(C)C. The van der Waals surface area contributed by atoms with Gasteiger partial charge >= 0.3 is 0 Å². The molecule has 10 heteroatoms. The zero-order chi connectivity index (χ0) is 21.1. The molecule has 0 aliphatic rings. The van der Waals surface area contributed by atoms with Gasteiger partial charge in [-0.25, -0.2) is 12.7 Å². The number of nitrogens with one attached hydrogen (secondary N) is 2. The topological polar surface area (TPSA) is 122 Å². The Labute approximate surface area is 163 Å². The normalized spacial score (nSPS) is 12.5. The van der Waals surface area contributed by atoms with Gasteiger partial charge in [-0.1, -0.05) is 18.2 Å². The van der Waals surface area contributed by atoms with Crippen molar-refractivity contribution < 1.29 is 18.1 Å². The van der Waals surface area contributed by atoms with Gasteiger partial charge in [0.05, 0.1) is 9.82 Å². The average Bonchev–Trinajstić information content (AvgIpc) is 2.63. The Hall–Kier alpha value is -2.98. The highest BCUT2D eigenvalue weighted by Gasteiger charge is 2.22. The molecule has 0 aromatic heterocycles. The van der Waals surface area contributed by atoms with E-state index in [1.54, 1.807) is 32.0 Å². The molecule has 0 aliphatic heterocycles. The molecule has 1 atom stereocenters. The Balaban J connectivity index is 2.20. The first kappa shape index (κ1) is 21.3. The number of amides is 1. The molecule has 2 aromatic rings. The lowest BCUT2D eigenvalue weighted by atomic mass is 10.2. The third kappa shape index (κ3) is 4.65. The molecule has 0 aliphatic carbocycles. The molecule has 0 saturated heterocycles. The van der Waals surface area contributed by atoms with Crippen molar-refractivity contribution in [1.29, 1.82) is 0 Å². The summed E-state index contributed by atoms with van der Waals surface area (Å²) in [6, 6.07) is 9.83. The maximum Gasteiger partial charge on any atom is 0.292 e. The largest absolute Gasteiger partial charge is 0.374 e. The second kappa shape index (κ2) is 8.36. The monoisotopic (exact) mass is 406 g/mol. The van der Waals surface area contributed by atoms with E-state index >= 15 is 0 Å². The van der Waals surface area contributed by atoms with E-state index in [2.05, 4.69) is 10.6 Å². The number of sulfonamides is 1. The summed E-state index contributed by atoms with van der Waals surface area (Å²) < 4.78 is 26.0. The van der Waals surface area contributed by atoms with E-state index in [9.17, 15) is 23.3 Å². The molecule has 0 unspecified atom stereocenters. The minimum absolute atomic E-state index is 0.0888. The van der Waals surface area contributed by atoms with E-state index in [4.69, 9.17) is 0 Å². The van der Waals surface area contributed by atoms with Crippen molar-refractivity contribution in [2.75, 3.05) is 24.7 Å². The van der Waals surface area contributed by atoms with E-state index in [-0.39, 0.29) is 16.3 Å². The first-order valence-electron chi connectivity index (χ1n) is 8.38. The van der Waals surface area contributed by atoms with Crippen LogP contribution in [0.4, 0.5) is 17.1 Å². The number of hydrogen-bond acceptors (Lipinski definition) is 6. The number of nitro benzene ring substituents is 1. The van der Waals surface area contributed by atoms with Crippen molar-refractivity contribution in [3.8, 4) is 0 Å². The van der Waals surface area contributed by atoms with Crippen molar-refractivity contribution in [3.05, 3.63) is 58.1 Å². The van der Waals surface area contributed by atoms with Crippen molar-refractivity contribution in [2.45, 2.75) is 24.8 Å². The Kier molecular flexibility index (Phi) is 6.37. The highest BCUT2D eigenvalue weighted by molar-refractivity contribution is 7.89. The van der Waals surface area contributed by atoms with Crippen LogP contribution in [0.3, 0.4) is 0 Å². The molecule has 28 heavy (non-hydrogen) atoms. The van der Waals surface area contributed by atoms with Gasteiger partial charge in [-0.2, -0.15) is 0 Å². The standard InChI is InChI=1S/C18H22N4O5S/c1-12-9-10-14(11-17(12)28(26,27)21(3)4)19-13(2)18(23)20-15-7-5-6-8-16(15)22(24)25/h5-11,13,19H,1-4H3,(H,20,23)/t13-/m1/s1. The average molecular weight is 406 g/mol. The first-order valence-corrected chi connectivity index (χ1v) is 9.82. The van der Waals surface area contributed by atoms with Gasteiger partial charge in [-0.05, 0) is 37.6 Å². The molecular formula is C18H22N4O5S. The predicted molar refractivity (Wildman–Crippen MR) is 107 cm³/mol. The maximum atomic E-state index is 12.4. The van der Waals surface area contributed by atoms with Crippen LogP contribution in [-0.2, 0) is 14.8 Å². The molecule has 2 N–H and O–H groups in total. The summed E-state index contributed by atoms with van der Waals surface area (Å²) in [5.74, 6) is -0.494. The number of carbonyl (C=O) groups is 1. The maximum absolute atomic E-state index is 12.4. The highest BCUT2D eigenvalue weighted by atomic mass is 32.2. The zero-order valence-corrected chi connectivity index (χ0v) is 16.8. The van der Waals surface area contributed by atoms with Crippen LogP contribution < -0.4 is 10.6 Å². The van der Waals surface area contributed by atoms with Gasteiger partial charge in [0.2, 0.25) is 15.9 Å². The van der Waals surface area contributed by atoms with Gasteiger partial charge in [0.1, 0.15) is 11.7 Å². The smallest absolute Gasteiger partial charge is 0.292 e. The second-order valence-corrected chi connectivity index (χ2v) is 8.52. The van der Waals surface area contributed by atoms with Crippen LogP contribution in [0.5, 0.6) is 0 Å². The molecule has 0 spiro atoms. The number of rotatable bonds is 7. The van der Waals surface area contributed by atoms with Gasteiger partial charge in [0.25, 0.3) is 5.69 Å². The second-order valence-electron chi connectivity index (χ2n) is 6.40. The molecule has 0 heterocycles. The molecule has 0 fully saturated rings. The quantitative estimate of drug-likeness (QED) is 0.538. The third-order valence-electron chi connectivity index (χ3n) is 4.08. The molecule has 9 nitrogen and oxygen atoms in total. The van der Waals surface area contributed by atoms with Gasteiger partial charge in [0, 0.05) is 25.8 Å². The Morgan fingerprint density at radius 2 is 1.82 bits per heavy atom. The summed E-state index contributed by atoms with van der Waals surface area (Å²) in [5.41, 5.74) is 0.899. The number of nitro groups is 1. The predicted octanol–water partition coefficient (Wildman–Crippen LogP) is 2.59. The molecule has 1 amide bonds. The molecule has 2 aromatic carbocycles. The summed E-state index contributed by atoms with van der Waals surface area (Å²) in [4.78, 5) is 23.0. The van der Waals surface area contributed by atoms with E-state index in [1.165, 1.54) is 38.4 Å². The van der Waals surface area contributed by atoms with Crippen LogP contribution in [-0.4, -0.2) is 43.7 Å². The molecule has 150 valence electrons. The summed E-state index contributed by atoms with van der Waals surface area (Å²) in [6.45, 7) is 3.26. The first-order chi connectivity index (χ1) is 13.0. The van der Waals surface area contributed by atoms with E-state index in [0.29, 0.717) is 11.3 Å². The third-order valence-corrected chi connectivity index (χ3v) is 6.04. The summed E-state index contributed by atoms with van der Waals surface area (Å²) in [7, 11) is -0.748. The summed E-state index contributed by atoms with van der Waals surface area (Å²) >= 11 is 0. The lowest BCUT2D eigenvalue weighted by Gasteiger charge is -2.18. The van der Waals surface area contributed by atoms with Crippen molar-refractivity contribution >= 4 is 33.0 Å². The number of nitrogens with zero attached hydrogens (tertiary/aromatic N) is 2. The van der Waals surface area contributed by atoms with Crippen LogP contribution in [0.15, 0.2) is 47.4 Å². The van der Waals surface area contributed by atoms with Crippen molar-refractivity contribution in [1.82, 2.24) is 4.31 Å². The number of carbonyl (C=O) groups excluding carboxylic acids is 1. The van der Waals surface area contributed by atoms with E-state index in [0.717, 1.165) is 4.31 Å². The Bertz CT molecular complexity index is 1000. The zero-order valence-electron chi connectivity index (χ0n) is 16.0. The molecule has 0 bridgehead atoms. The van der Waals surface area contributed by atoms with E-state index in [1.807, 2.05) is 0 Å². The summed E-state index contributed by atoms with van der Waals surface area (Å²) in [6.07, 6.45) is 0. The summed E-state index contributed by atoms with van der Waals surface area (Å²) in [5, 5.41) is 16.5. The van der Waals surface area contributed by atoms with Crippen molar-refractivity contribution in [3.63, 3.8) is 0 Å². The van der Waals surface area contributed by atoms with Crippen LogP contribution in [0.1, 0.15) is 12.5 Å². The van der Waals surface area contributed by atoms with Crippen LogP contribution in [0, 0.1) is 17.0 Å². The molecular weight excluding hydrogens is 384 g/mol. The Morgan fingerprint density at radius 3 is 2.43 bits per heavy atom. The molecule has 2 rings (SSSR count). The van der Waals surface area contributed by atoms with Crippen molar-refractivity contribution in [2.24, 2.45) is 0 Å². The highest BCUT2D eigenvalue weighted by Crippen LogP contribution is 2.25. The minimum atomic E-state index is -3.63. The lowest BCUT2D eigenvalue weighted by molar-refractivity contribution is -0.383. The number of benzene rings is 2. The molecule has 0 saturated carbocycles. The van der Waals surface area contributed by atoms with Gasteiger partial charge < -0.3 is 10.6 Å². The van der Waals surface area contributed by atoms with Gasteiger partial charge in [-0.15, -0.1) is 0 Å². The fraction of sp³-hybridized carbons (Fsp3) is 0.278. The van der Waals surface area contributed by atoms with Gasteiger partial charge in [-0.3, -0.25) is 14.9 Å². The minimum Gasteiger partial charge on any atom is -0.374 e. The number of para-hydroxylation sites is 2. The molecule has 0 radical (unpaired) electrons. The van der Waals surface area contributed by atoms with Crippen LogP contribution >= 0.6 is 0 Å². The number of anilines is 2. The van der Waals surface area contributed by atoms with Gasteiger partial charge in [0.15, 0.2) is 0 Å². The lowest BCUT2D eigenvalue weighted by Crippen LogP contribution is -2.32. The van der Waals surface area contributed by atoms with Crippen LogP contribution in [0.2, 0.25) is 0 Å². The fourth-order valence-electron chi connectivity index (χ4n) is 2.46. The van der Waals surface area contributed by atoms with E-state index < -0.39 is 26.9 Å². The number of aryl methyl sites for hydroxylation is 1. The number of hydrogen-bond donors (Lipinski definition) is 2. The fourth-order valence-corrected chi connectivity index (χ4v) is 3.60. The Morgan fingerprint density at radius 1 is 1.18 bits per heavy atom. The van der Waals surface area contributed by atoms with Crippen LogP contribution in [0.25, 0.3) is 0 Å².